The highest BCUT2D eigenvalue weighted by Gasteiger charge is 2.15. The molecule has 0 aliphatic rings. The van der Waals surface area contributed by atoms with E-state index in [0.29, 0.717) is 0 Å². The van der Waals surface area contributed by atoms with Gasteiger partial charge in [-0.15, -0.1) is 0 Å². The normalized spacial score (nSPS) is 11.2. The minimum Gasteiger partial charge on any atom is -0.478 e. The van der Waals surface area contributed by atoms with Crippen molar-refractivity contribution < 1.29 is 18.3 Å². The Balaban J connectivity index is 3.35. The van der Waals surface area contributed by atoms with E-state index in [0.717, 1.165) is 18.2 Å². The molecule has 0 saturated carbocycles. The first-order chi connectivity index (χ1) is 6.32. The smallest absolute Gasteiger partial charge is 0.335 e. The average molecular weight is 236 g/mol. The molecule has 0 amide bonds. The molecular formula is C7H6ClNO4S. The number of benzene rings is 1. The second kappa shape index (κ2) is 3.47. The van der Waals surface area contributed by atoms with Crippen molar-refractivity contribution in [3.63, 3.8) is 0 Å². The highest BCUT2D eigenvalue weighted by molar-refractivity contribution is 8.13. The zero-order valence-electron chi connectivity index (χ0n) is 6.77. The van der Waals surface area contributed by atoms with Crippen LogP contribution in [0.15, 0.2) is 23.1 Å². The van der Waals surface area contributed by atoms with Crippen LogP contribution >= 0.6 is 10.7 Å². The largest absolute Gasteiger partial charge is 0.478 e. The van der Waals surface area contributed by atoms with Gasteiger partial charge in [-0.1, -0.05) is 0 Å². The van der Waals surface area contributed by atoms with Gasteiger partial charge in [-0.25, -0.2) is 13.2 Å². The van der Waals surface area contributed by atoms with Gasteiger partial charge in [-0.05, 0) is 18.2 Å². The molecule has 1 aromatic rings. The molecule has 1 aromatic carbocycles. The Morgan fingerprint density at radius 3 is 2.36 bits per heavy atom. The molecule has 0 spiro atoms. The summed E-state index contributed by atoms with van der Waals surface area (Å²) in [4.78, 5) is 10.2. The van der Waals surface area contributed by atoms with Gasteiger partial charge in [0.05, 0.1) is 11.3 Å². The summed E-state index contributed by atoms with van der Waals surface area (Å²) in [6.45, 7) is 0. The quantitative estimate of drug-likeness (QED) is 0.586. The first-order valence-corrected chi connectivity index (χ1v) is 5.71. The molecule has 0 heterocycles. The van der Waals surface area contributed by atoms with Gasteiger partial charge in [0.2, 0.25) is 0 Å². The summed E-state index contributed by atoms with van der Waals surface area (Å²) in [6, 6.07) is 3.21. The molecular weight excluding hydrogens is 230 g/mol. The van der Waals surface area contributed by atoms with Gasteiger partial charge in [0.1, 0.15) is 4.90 Å². The third-order valence-electron chi connectivity index (χ3n) is 1.52. The van der Waals surface area contributed by atoms with Crippen LogP contribution in [0, 0.1) is 0 Å². The standard InChI is InChI=1S/C7H6ClNO4S/c8-14(12,13)6-2-1-4(7(10)11)3-5(6)9/h1-3H,9H2,(H,10,11). The number of carboxylic acids is 1. The highest BCUT2D eigenvalue weighted by atomic mass is 35.7. The third-order valence-corrected chi connectivity index (χ3v) is 2.92. The summed E-state index contributed by atoms with van der Waals surface area (Å²) in [7, 11) is 1.12. The van der Waals surface area contributed by atoms with Gasteiger partial charge >= 0.3 is 5.97 Å². The van der Waals surface area contributed by atoms with E-state index in [2.05, 4.69) is 0 Å². The minimum atomic E-state index is -3.92. The van der Waals surface area contributed by atoms with Crippen LogP contribution in [0.4, 0.5) is 5.69 Å². The molecule has 0 fully saturated rings. The molecule has 0 aromatic heterocycles. The molecule has 0 aliphatic heterocycles. The SMILES string of the molecule is Nc1cc(C(=O)O)ccc1S(=O)(=O)Cl. The predicted molar refractivity (Wildman–Crippen MR) is 50.9 cm³/mol. The van der Waals surface area contributed by atoms with Gasteiger partial charge in [0.25, 0.3) is 9.05 Å². The van der Waals surface area contributed by atoms with Crippen molar-refractivity contribution in [2.24, 2.45) is 0 Å². The summed E-state index contributed by atoms with van der Waals surface area (Å²) in [5.74, 6) is -1.18. The van der Waals surface area contributed by atoms with Crippen LogP contribution in [0.3, 0.4) is 0 Å². The fourth-order valence-electron chi connectivity index (χ4n) is 0.904. The van der Waals surface area contributed by atoms with E-state index in [1.54, 1.807) is 0 Å². The second-order valence-electron chi connectivity index (χ2n) is 2.50. The van der Waals surface area contributed by atoms with Crippen LogP contribution in [0.25, 0.3) is 0 Å². The number of carbonyl (C=O) groups is 1. The van der Waals surface area contributed by atoms with Crippen molar-refractivity contribution in [2.75, 3.05) is 5.73 Å². The molecule has 0 saturated heterocycles. The Kier molecular flexibility index (Phi) is 2.68. The summed E-state index contributed by atoms with van der Waals surface area (Å²) >= 11 is 0. The Morgan fingerprint density at radius 1 is 1.43 bits per heavy atom. The van der Waals surface area contributed by atoms with Crippen LogP contribution in [0.1, 0.15) is 10.4 Å². The van der Waals surface area contributed by atoms with Gasteiger partial charge in [0.15, 0.2) is 0 Å². The first kappa shape index (κ1) is 10.8. The molecule has 3 N–H and O–H groups in total. The van der Waals surface area contributed by atoms with Crippen LogP contribution in [-0.4, -0.2) is 19.5 Å². The fraction of sp³-hybridized carbons (Fsp3) is 0. The number of rotatable bonds is 2. The minimum absolute atomic E-state index is 0.0911. The van der Waals surface area contributed by atoms with E-state index in [1.807, 2.05) is 0 Å². The molecule has 1 rings (SSSR count). The lowest BCUT2D eigenvalue weighted by molar-refractivity contribution is 0.0697. The van der Waals surface area contributed by atoms with Crippen molar-refractivity contribution in [3.05, 3.63) is 23.8 Å². The number of hydrogen-bond donors (Lipinski definition) is 2. The van der Waals surface area contributed by atoms with E-state index < -0.39 is 15.0 Å². The van der Waals surface area contributed by atoms with E-state index in [9.17, 15) is 13.2 Å². The molecule has 0 radical (unpaired) electrons. The molecule has 14 heavy (non-hydrogen) atoms. The first-order valence-electron chi connectivity index (χ1n) is 3.40. The van der Waals surface area contributed by atoms with Crippen LogP contribution in [-0.2, 0) is 9.05 Å². The highest BCUT2D eigenvalue weighted by Crippen LogP contribution is 2.23. The number of halogens is 1. The molecule has 76 valence electrons. The van der Waals surface area contributed by atoms with Gasteiger partial charge in [-0.3, -0.25) is 0 Å². The lowest BCUT2D eigenvalue weighted by atomic mass is 10.2. The Labute approximate surface area is 84.5 Å². The molecule has 0 unspecified atom stereocenters. The number of carboxylic acid groups (broad SMARTS) is 1. The van der Waals surface area contributed by atoms with E-state index >= 15 is 0 Å². The Bertz CT molecular complexity index is 482. The number of anilines is 1. The van der Waals surface area contributed by atoms with Crippen molar-refractivity contribution in [1.29, 1.82) is 0 Å². The fourth-order valence-corrected chi connectivity index (χ4v) is 1.90. The molecule has 0 bridgehead atoms. The van der Waals surface area contributed by atoms with Crippen molar-refractivity contribution in [2.45, 2.75) is 4.90 Å². The monoisotopic (exact) mass is 235 g/mol. The van der Waals surface area contributed by atoms with Crippen LogP contribution in [0.5, 0.6) is 0 Å². The Hall–Kier alpha value is -1.27. The van der Waals surface area contributed by atoms with E-state index in [4.69, 9.17) is 21.5 Å². The van der Waals surface area contributed by atoms with Gasteiger partial charge < -0.3 is 10.8 Å². The molecule has 0 aliphatic carbocycles. The van der Waals surface area contributed by atoms with Crippen LogP contribution in [0.2, 0.25) is 0 Å². The zero-order chi connectivity index (χ0) is 10.9. The van der Waals surface area contributed by atoms with Crippen molar-refractivity contribution in [1.82, 2.24) is 0 Å². The Morgan fingerprint density at radius 2 is 2.00 bits per heavy atom. The molecule has 0 atom stereocenters. The van der Waals surface area contributed by atoms with Crippen molar-refractivity contribution >= 4 is 31.4 Å². The lowest BCUT2D eigenvalue weighted by Gasteiger charge is -2.02. The summed E-state index contributed by atoms with van der Waals surface area (Å²) < 4.78 is 21.7. The number of nitrogen functional groups attached to an aromatic ring is 1. The maximum atomic E-state index is 10.9. The number of nitrogens with two attached hydrogens (primary N) is 1. The van der Waals surface area contributed by atoms with E-state index in [1.165, 1.54) is 0 Å². The second-order valence-corrected chi connectivity index (χ2v) is 5.03. The summed E-state index contributed by atoms with van der Waals surface area (Å²) in [5, 5.41) is 8.56. The number of aromatic carboxylic acids is 1. The zero-order valence-corrected chi connectivity index (χ0v) is 8.34. The van der Waals surface area contributed by atoms with Gasteiger partial charge in [0, 0.05) is 10.7 Å². The van der Waals surface area contributed by atoms with Gasteiger partial charge in [-0.2, -0.15) is 0 Å². The third kappa shape index (κ3) is 2.15. The predicted octanol–water partition coefficient (Wildman–Crippen LogP) is 0.895. The maximum Gasteiger partial charge on any atom is 0.335 e. The lowest BCUT2D eigenvalue weighted by Crippen LogP contribution is -2.02. The summed E-state index contributed by atoms with van der Waals surface area (Å²) in [5.41, 5.74) is 5.05. The molecule has 5 nitrogen and oxygen atoms in total. The maximum absolute atomic E-state index is 10.9. The van der Waals surface area contributed by atoms with E-state index in [-0.39, 0.29) is 16.1 Å². The number of hydrogen-bond acceptors (Lipinski definition) is 4. The van der Waals surface area contributed by atoms with Crippen molar-refractivity contribution in [3.8, 4) is 0 Å². The summed E-state index contributed by atoms with van der Waals surface area (Å²) in [6.07, 6.45) is 0. The topological polar surface area (TPSA) is 97.5 Å². The average Bonchev–Trinajstić information content (AvgIpc) is 2.01. The molecule has 7 heteroatoms. The van der Waals surface area contributed by atoms with Crippen LogP contribution < -0.4 is 5.73 Å².